The van der Waals surface area contributed by atoms with Gasteiger partial charge in [0, 0.05) is 18.7 Å². The molecular formula is C22H19F3N4O2. The third-order valence-corrected chi connectivity index (χ3v) is 5.24. The van der Waals surface area contributed by atoms with Crippen LogP contribution < -0.4 is 5.32 Å². The smallest absolute Gasteiger partial charge is 0.335 e. The molecule has 2 heterocycles. The van der Waals surface area contributed by atoms with Gasteiger partial charge in [-0.1, -0.05) is 18.7 Å². The van der Waals surface area contributed by atoms with E-state index in [1.54, 1.807) is 4.90 Å². The molecular weight excluding hydrogens is 409 g/mol. The molecule has 3 aromatic rings. The summed E-state index contributed by atoms with van der Waals surface area (Å²) in [5.74, 6) is -0.664. The van der Waals surface area contributed by atoms with Gasteiger partial charge in [-0.05, 0) is 48.9 Å². The summed E-state index contributed by atoms with van der Waals surface area (Å²) in [5, 5.41) is 2.64. The first kappa shape index (κ1) is 20.6. The number of amides is 2. The molecule has 0 aliphatic carbocycles. The number of hydrogen-bond acceptors (Lipinski definition) is 3. The fourth-order valence-corrected chi connectivity index (χ4v) is 3.60. The number of carbonyl (C=O) groups is 2. The highest BCUT2D eigenvalue weighted by molar-refractivity contribution is 6.04. The van der Waals surface area contributed by atoms with Crippen molar-refractivity contribution in [2.45, 2.75) is 19.1 Å². The number of imidazole rings is 1. The van der Waals surface area contributed by atoms with Crippen LogP contribution in [0.25, 0.3) is 11.0 Å². The zero-order valence-electron chi connectivity index (χ0n) is 16.6. The summed E-state index contributed by atoms with van der Waals surface area (Å²) in [6.07, 6.45) is -3.31. The third-order valence-electron chi connectivity index (χ3n) is 5.24. The van der Waals surface area contributed by atoms with Gasteiger partial charge in [0.05, 0.1) is 22.6 Å². The molecule has 0 spiro atoms. The average Bonchev–Trinajstić information content (AvgIpc) is 3.02. The quantitative estimate of drug-likeness (QED) is 0.634. The Morgan fingerprint density at radius 1 is 1.19 bits per heavy atom. The maximum Gasteiger partial charge on any atom is 0.416 e. The summed E-state index contributed by atoms with van der Waals surface area (Å²) >= 11 is 0. The molecule has 4 rings (SSSR count). The molecule has 0 saturated carbocycles. The highest BCUT2D eigenvalue weighted by atomic mass is 19.4. The van der Waals surface area contributed by atoms with Gasteiger partial charge in [-0.2, -0.15) is 13.2 Å². The minimum atomic E-state index is -4.55. The molecule has 1 fully saturated rings. The minimum Gasteiger partial charge on any atom is -0.335 e. The van der Waals surface area contributed by atoms with E-state index in [-0.39, 0.29) is 23.5 Å². The lowest BCUT2D eigenvalue weighted by molar-refractivity contribution is -0.137. The molecule has 1 aliphatic heterocycles. The second-order valence-electron chi connectivity index (χ2n) is 7.43. The minimum absolute atomic E-state index is 0.123. The van der Waals surface area contributed by atoms with Gasteiger partial charge in [-0.3, -0.25) is 14.9 Å². The third kappa shape index (κ3) is 3.90. The number of halogens is 3. The van der Waals surface area contributed by atoms with Crippen molar-refractivity contribution in [1.82, 2.24) is 14.5 Å². The van der Waals surface area contributed by atoms with Crippen LogP contribution in [0.1, 0.15) is 27.5 Å². The first-order valence-corrected chi connectivity index (χ1v) is 9.56. The molecule has 31 heavy (non-hydrogen) atoms. The Bertz CT molecular complexity index is 1190. The highest BCUT2D eigenvalue weighted by Crippen LogP contribution is 2.32. The first-order valence-electron chi connectivity index (χ1n) is 9.56. The molecule has 2 aromatic carbocycles. The van der Waals surface area contributed by atoms with Gasteiger partial charge in [-0.25, -0.2) is 4.98 Å². The van der Waals surface area contributed by atoms with Crippen molar-refractivity contribution in [2.75, 3.05) is 18.4 Å². The number of anilines is 1. The van der Waals surface area contributed by atoms with Gasteiger partial charge >= 0.3 is 6.18 Å². The van der Waals surface area contributed by atoms with E-state index in [0.29, 0.717) is 18.6 Å². The van der Waals surface area contributed by atoms with Crippen LogP contribution in [-0.4, -0.2) is 39.4 Å². The predicted molar refractivity (Wildman–Crippen MR) is 110 cm³/mol. The molecule has 1 aromatic heterocycles. The van der Waals surface area contributed by atoms with Crippen LogP contribution >= 0.6 is 0 Å². The Morgan fingerprint density at radius 2 is 1.94 bits per heavy atom. The van der Waals surface area contributed by atoms with Gasteiger partial charge in [-0.15, -0.1) is 0 Å². The number of likely N-dealkylation sites (tertiary alicyclic amines) is 1. The van der Waals surface area contributed by atoms with Crippen LogP contribution in [0.4, 0.5) is 19.1 Å². The fourth-order valence-electron chi connectivity index (χ4n) is 3.60. The van der Waals surface area contributed by atoms with Crippen molar-refractivity contribution >= 4 is 28.8 Å². The number of fused-ring (bicyclic) bond motifs is 1. The standard InChI is InChI=1S/C22H19F3N4O2/c1-3-19(30)28-11-16(12-28)29-18-8-7-13(2)9-17(18)26-21(29)27-20(31)14-5-4-6-15(10-14)22(23,24)25/h3-10,16H,1,11-12H2,2H3,(H,26,27,31). The van der Waals surface area contributed by atoms with Crippen LogP contribution in [-0.2, 0) is 11.0 Å². The van der Waals surface area contributed by atoms with Gasteiger partial charge in [0.25, 0.3) is 5.91 Å². The number of carbonyl (C=O) groups excluding carboxylic acids is 2. The van der Waals surface area contributed by atoms with E-state index in [2.05, 4.69) is 16.9 Å². The van der Waals surface area contributed by atoms with E-state index in [4.69, 9.17) is 0 Å². The number of nitrogens with zero attached hydrogens (tertiary/aromatic N) is 3. The van der Waals surface area contributed by atoms with Crippen molar-refractivity contribution in [3.63, 3.8) is 0 Å². The number of hydrogen-bond donors (Lipinski definition) is 1. The number of nitrogens with one attached hydrogen (secondary N) is 1. The Labute approximate surface area is 176 Å². The molecule has 0 unspecified atom stereocenters. The van der Waals surface area contributed by atoms with Crippen molar-refractivity contribution in [2.24, 2.45) is 0 Å². The summed E-state index contributed by atoms with van der Waals surface area (Å²) in [6.45, 7) is 6.21. The number of rotatable bonds is 4. The number of benzene rings is 2. The molecule has 0 radical (unpaired) electrons. The van der Waals surface area contributed by atoms with Crippen LogP contribution in [0, 0.1) is 6.92 Å². The second kappa shape index (κ2) is 7.57. The molecule has 0 bridgehead atoms. The largest absolute Gasteiger partial charge is 0.416 e. The molecule has 1 aliphatic rings. The lowest BCUT2D eigenvalue weighted by atomic mass is 10.1. The van der Waals surface area contributed by atoms with Crippen LogP contribution in [0.15, 0.2) is 55.1 Å². The number of aryl methyl sites for hydroxylation is 1. The van der Waals surface area contributed by atoms with Gasteiger partial charge in [0.2, 0.25) is 11.9 Å². The van der Waals surface area contributed by atoms with E-state index >= 15 is 0 Å². The zero-order chi connectivity index (χ0) is 22.3. The Hall–Kier alpha value is -3.62. The highest BCUT2D eigenvalue weighted by Gasteiger charge is 2.34. The topological polar surface area (TPSA) is 67.2 Å². The van der Waals surface area contributed by atoms with Crippen molar-refractivity contribution in [3.05, 3.63) is 71.8 Å². The maximum atomic E-state index is 13.0. The number of aromatic nitrogens is 2. The Kier molecular flexibility index (Phi) is 5.04. The molecule has 6 nitrogen and oxygen atoms in total. The van der Waals surface area contributed by atoms with E-state index in [1.807, 2.05) is 29.7 Å². The van der Waals surface area contributed by atoms with Gasteiger partial charge < -0.3 is 9.47 Å². The van der Waals surface area contributed by atoms with Crippen molar-refractivity contribution < 1.29 is 22.8 Å². The molecule has 1 N–H and O–H groups in total. The molecule has 2 amide bonds. The second-order valence-corrected chi connectivity index (χ2v) is 7.43. The van der Waals surface area contributed by atoms with Crippen LogP contribution in [0.2, 0.25) is 0 Å². The van der Waals surface area contributed by atoms with E-state index in [0.717, 1.165) is 23.2 Å². The first-order chi connectivity index (χ1) is 14.7. The Morgan fingerprint density at radius 3 is 2.61 bits per heavy atom. The zero-order valence-corrected chi connectivity index (χ0v) is 16.6. The summed E-state index contributed by atoms with van der Waals surface area (Å²) in [6, 6.07) is 9.73. The van der Waals surface area contributed by atoms with E-state index in [9.17, 15) is 22.8 Å². The summed E-state index contributed by atoms with van der Waals surface area (Å²) in [7, 11) is 0. The van der Waals surface area contributed by atoms with Crippen LogP contribution in [0.3, 0.4) is 0 Å². The van der Waals surface area contributed by atoms with E-state index in [1.165, 1.54) is 18.2 Å². The van der Waals surface area contributed by atoms with Gasteiger partial charge in [0.1, 0.15) is 0 Å². The van der Waals surface area contributed by atoms with E-state index < -0.39 is 17.6 Å². The summed E-state index contributed by atoms with van der Waals surface area (Å²) < 4.78 is 40.8. The molecule has 1 saturated heterocycles. The van der Waals surface area contributed by atoms with Crippen molar-refractivity contribution in [1.29, 1.82) is 0 Å². The SMILES string of the molecule is C=CC(=O)N1CC(n2c(NC(=O)c3cccc(C(F)(F)F)c3)nc3cc(C)ccc32)C1. The summed E-state index contributed by atoms with van der Waals surface area (Å²) in [5.41, 5.74) is 1.36. The van der Waals surface area contributed by atoms with Crippen molar-refractivity contribution in [3.8, 4) is 0 Å². The molecule has 160 valence electrons. The normalized spacial score (nSPS) is 14.4. The predicted octanol–water partition coefficient (Wildman–Crippen LogP) is 4.19. The lowest BCUT2D eigenvalue weighted by Crippen LogP contribution is -2.50. The summed E-state index contributed by atoms with van der Waals surface area (Å²) in [4.78, 5) is 30.6. The number of alkyl halides is 3. The lowest BCUT2D eigenvalue weighted by Gasteiger charge is -2.40. The maximum absolute atomic E-state index is 13.0. The van der Waals surface area contributed by atoms with Gasteiger partial charge in [0.15, 0.2) is 0 Å². The average molecular weight is 428 g/mol. The Balaban J connectivity index is 1.67. The fraction of sp³-hybridized carbons (Fsp3) is 0.227. The monoisotopic (exact) mass is 428 g/mol. The van der Waals surface area contributed by atoms with Crippen LogP contribution in [0.5, 0.6) is 0 Å². The molecule has 0 atom stereocenters. The molecule has 9 heteroatoms.